The number of amides is 7. The van der Waals surface area contributed by atoms with Crippen molar-refractivity contribution in [3.05, 3.63) is 42.0 Å². The van der Waals surface area contributed by atoms with Crippen LogP contribution in [0, 0.1) is 11.8 Å². The van der Waals surface area contributed by atoms with Gasteiger partial charge >= 0.3 is 6.09 Å². The Morgan fingerprint density at radius 1 is 0.938 bits per heavy atom. The Labute approximate surface area is 482 Å². The number of aliphatic hydroxyl groups excluding tert-OH is 3. The Kier molecular flexibility index (Phi) is 25.7. The lowest BCUT2D eigenvalue weighted by Gasteiger charge is -2.42. The lowest BCUT2D eigenvalue weighted by Crippen LogP contribution is -2.66. The van der Waals surface area contributed by atoms with Crippen molar-refractivity contribution < 1.29 is 58.4 Å². The zero-order valence-electron chi connectivity index (χ0n) is 47.5. The highest BCUT2D eigenvalue weighted by atomic mass is 127. The van der Waals surface area contributed by atoms with E-state index in [9.17, 15) is 48.9 Å². The molecule has 25 heteroatoms. The van der Waals surface area contributed by atoms with Crippen LogP contribution in [0.3, 0.4) is 0 Å². The van der Waals surface area contributed by atoms with E-state index in [0.717, 1.165) is 57.2 Å². The number of imidazole rings is 1. The van der Waals surface area contributed by atoms with Gasteiger partial charge in [-0.25, -0.2) is 19.7 Å². The van der Waals surface area contributed by atoms with Gasteiger partial charge in [-0.3, -0.25) is 38.6 Å². The van der Waals surface area contributed by atoms with Crippen molar-refractivity contribution in [2.75, 3.05) is 50.5 Å². The van der Waals surface area contributed by atoms with Crippen LogP contribution in [0.15, 0.2) is 30.6 Å². The van der Waals surface area contributed by atoms with Gasteiger partial charge in [-0.2, -0.15) is 0 Å². The van der Waals surface area contributed by atoms with Crippen molar-refractivity contribution in [1.29, 1.82) is 0 Å². The van der Waals surface area contributed by atoms with Crippen LogP contribution >= 0.6 is 22.6 Å². The number of aromatic amines is 1. The maximum atomic E-state index is 13.3. The standard InChI is InChI=1S/C55H85IN12O12/c1-9-12-14-17-33(6)47-64-44-48(65-47)58-31-59-49(44)66-52-46(74)45(73)43(38(29-69)80-52)63-40(71)28-67(8)25-16-15-24-57-54(78)79-30-35-18-20-36(21-19-35)61-50(75)34(7)60-51(76)42(32(4)5)62-39(70)22-26-68-41(72)27-37(53(68)77)55(56,11-3)23-13-10-2/h18-21,31-34,37-38,42-43,45-46,52,69,73-74H,9-17,22-30H2,1-8H3,(H,57,78)(H,60,76)(H,61,75)(H,62,70)(H,63,71)(H2,58,59,64,65,66)/t33?,34-,37?,38-,42-,43-,45+,46-,52-,55?/m0/s1. The number of aliphatic hydroxyl groups is 3. The predicted octanol–water partition coefficient (Wildman–Crippen LogP) is 4.13. The van der Waals surface area contributed by atoms with Gasteiger partial charge in [-0.1, -0.05) is 108 Å². The highest BCUT2D eigenvalue weighted by molar-refractivity contribution is 14.1. The summed E-state index contributed by atoms with van der Waals surface area (Å²) in [6, 6.07) is 3.52. The van der Waals surface area contributed by atoms with Crippen LogP contribution in [0.25, 0.3) is 11.2 Å². The number of likely N-dealkylation sites (tertiary alicyclic amines) is 1. The number of alkyl halides is 1. The van der Waals surface area contributed by atoms with E-state index < -0.39 is 84.9 Å². The Bertz CT molecular complexity index is 2540. The van der Waals surface area contributed by atoms with Crippen LogP contribution in [-0.4, -0.2) is 173 Å². The number of benzene rings is 1. The lowest BCUT2D eigenvalue weighted by molar-refractivity contribution is -0.185. The Balaban J connectivity index is 0.957. The zero-order valence-corrected chi connectivity index (χ0v) is 49.7. The van der Waals surface area contributed by atoms with Gasteiger partial charge in [0.2, 0.25) is 35.4 Å². The minimum atomic E-state index is -1.51. The van der Waals surface area contributed by atoms with Crippen LogP contribution in [0.1, 0.15) is 143 Å². The van der Waals surface area contributed by atoms with Crippen LogP contribution < -0.4 is 31.9 Å². The molecule has 80 heavy (non-hydrogen) atoms. The molecule has 3 unspecified atom stereocenters. The minimum absolute atomic E-state index is 0.0446. The topological polar surface area (TPSA) is 332 Å². The summed E-state index contributed by atoms with van der Waals surface area (Å²) in [5.41, 5.74) is 2.02. The molecule has 2 fully saturated rings. The molecule has 0 saturated carbocycles. The first-order valence-electron chi connectivity index (χ1n) is 28.1. The summed E-state index contributed by atoms with van der Waals surface area (Å²) in [6.45, 7) is 13.4. The molecule has 5 rings (SSSR count). The number of carbonyl (C=O) groups excluding carboxylic acids is 7. The molecule has 2 saturated heterocycles. The van der Waals surface area contributed by atoms with Crippen molar-refractivity contribution in [2.24, 2.45) is 11.8 Å². The number of fused-ring (bicyclic) bond motifs is 1. The van der Waals surface area contributed by atoms with E-state index in [-0.39, 0.29) is 59.6 Å². The zero-order chi connectivity index (χ0) is 58.7. The third-order valence-electron chi connectivity index (χ3n) is 14.8. The first-order valence-corrected chi connectivity index (χ1v) is 29.2. The summed E-state index contributed by atoms with van der Waals surface area (Å²) in [7, 11) is 1.74. The average Bonchev–Trinajstić information content (AvgIpc) is 4.04. The maximum absolute atomic E-state index is 13.3. The van der Waals surface area contributed by atoms with Crippen LogP contribution in [0.4, 0.5) is 16.3 Å². The fourth-order valence-electron chi connectivity index (χ4n) is 9.72. The average molecular weight is 1230 g/mol. The van der Waals surface area contributed by atoms with Gasteiger partial charge in [-0.05, 0) is 76.2 Å². The van der Waals surface area contributed by atoms with E-state index in [4.69, 9.17) is 9.47 Å². The highest BCUT2D eigenvalue weighted by Gasteiger charge is 2.49. The Morgan fingerprint density at radius 2 is 1.66 bits per heavy atom. The molecule has 0 bridgehead atoms. The number of nitrogens with one attached hydrogen (secondary N) is 7. The van der Waals surface area contributed by atoms with Gasteiger partial charge in [0, 0.05) is 41.0 Å². The molecule has 444 valence electrons. The monoisotopic (exact) mass is 1230 g/mol. The summed E-state index contributed by atoms with van der Waals surface area (Å²) in [5, 5.41) is 49.0. The van der Waals surface area contributed by atoms with E-state index >= 15 is 0 Å². The first-order chi connectivity index (χ1) is 38.1. The number of H-pyrrole nitrogens is 1. The fourth-order valence-corrected chi connectivity index (χ4v) is 10.6. The molecule has 2 aliphatic heterocycles. The molecule has 10 atom stereocenters. The molecule has 2 aromatic heterocycles. The second kappa shape index (κ2) is 31.6. The number of ether oxygens (including phenoxy) is 2. The molecule has 0 radical (unpaired) electrons. The number of anilines is 2. The quantitative estimate of drug-likeness (QED) is 0.0182. The predicted molar refractivity (Wildman–Crippen MR) is 308 cm³/mol. The lowest BCUT2D eigenvalue weighted by atomic mass is 9.84. The largest absolute Gasteiger partial charge is 0.445 e. The van der Waals surface area contributed by atoms with E-state index in [1.54, 1.807) is 50.1 Å². The third kappa shape index (κ3) is 18.5. The number of halogens is 1. The molecule has 1 aromatic carbocycles. The highest BCUT2D eigenvalue weighted by Crippen LogP contribution is 2.43. The number of unbranched alkanes of at least 4 members (excludes halogenated alkanes) is 4. The van der Waals surface area contributed by atoms with Crippen molar-refractivity contribution in [2.45, 2.75) is 184 Å². The fraction of sp³-hybridized carbons (Fsp3) is 0.673. The van der Waals surface area contributed by atoms with Crippen LogP contribution in [0.5, 0.6) is 0 Å². The van der Waals surface area contributed by atoms with Crippen molar-refractivity contribution in [1.82, 2.24) is 51.0 Å². The summed E-state index contributed by atoms with van der Waals surface area (Å²) in [5.74, 6) is -2.16. The van der Waals surface area contributed by atoms with Gasteiger partial charge in [0.25, 0.3) is 0 Å². The normalized spacial score (nSPS) is 21.2. The van der Waals surface area contributed by atoms with E-state index in [2.05, 4.69) is 95.2 Å². The number of hydrogen-bond donors (Lipinski definition) is 10. The van der Waals surface area contributed by atoms with Gasteiger partial charge in [0.05, 0.1) is 25.1 Å². The number of aromatic nitrogens is 4. The van der Waals surface area contributed by atoms with Gasteiger partial charge in [0.15, 0.2) is 17.7 Å². The number of likely N-dealkylation sites (N-methyl/N-ethyl adjacent to an activating group) is 1. The van der Waals surface area contributed by atoms with Gasteiger partial charge < -0.3 is 61.7 Å². The number of carbonyl (C=O) groups is 7. The molecular formula is C55H85IN12O12. The minimum Gasteiger partial charge on any atom is -0.445 e. The molecule has 7 amide bonds. The smallest absolute Gasteiger partial charge is 0.407 e. The molecule has 24 nitrogen and oxygen atoms in total. The van der Waals surface area contributed by atoms with E-state index in [1.807, 2.05) is 6.92 Å². The second-order valence-corrected chi connectivity index (χ2v) is 23.6. The summed E-state index contributed by atoms with van der Waals surface area (Å²) >= 11 is 2.32. The Hall–Kier alpha value is -5.61. The third-order valence-corrected chi connectivity index (χ3v) is 16.8. The second-order valence-electron chi connectivity index (χ2n) is 21.5. The Morgan fingerprint density at radius 3 is 2.34 bits per heavy atom. The number of nitrogens with zero attached hydrogens (tertiary/aromatic N) is 5. The summed E-state index contributed by atoms with van der Waals surface area (Å²) < 4.78 is 11.0. The molecule has 0 spiro atoms. The van der Waals surface area contributed by atoms with E-state index in [1.165, 1.54) is 18.2 Å². The molecule has 10 N–H and O–H groups in total. The number of hydrogen-bond acceptors (Lipinski definition) is 17. The molecule has 0 aliphatic carbocycles. The van der Waals surface area contributed by atoms with Crippen LogP contribution in [-0.2, 0) is 44.8 Å². The van der Waals surface area contributed by atoms with Gasteiger partial charge in [0.1, 0.15) is 54.7 Å². The number of rotatable bonds is 32. The van der Waals surface area contributed by atoms with Crippen molar-refractivity contribution in [3.63, 3.8) is 0 Å². The van der Waals surface area contributed by atoms with Crippen molar-refractivity contribution >= 4 is 86.8 Å². The molecule has 3 aromatic rings. The molecule has 2 aliphatic rings. The van der Waals surface area contributed by atoms with Crippen molar-refractivity contribution in [3.8, 4) is 0 Å². The summed E-state index contributed by atoms with van der Waals surface area (Å²) in [4.78, 5) is 111. The molecular weight excluding hydrogens is 1150 g/mol. The van der Waals surface area contributed by atoms with E-state index in [0.29, 0.717) is 54.2 Å². The summed E-state index contributed by atoms with van der Waals surface area (Å²) in [6.07, 6.45) is 4.34. The maximum Gasteiger partial charge on any atom is 0.407 e. The van der Waals surface area contributed by atoms with Gasteiger partial charge in [-0.15, -0.1) is 0 Å². The number of imide groups is 1. The van der Waals surface area contributed by atoms with Crippen LogP contribution in [0.2, 0.25) is 0 Å². The number of alkyl carbamates (subject to hydrolysis) is 1. The molecule has 4 heterocycles. The first kappa shape index (κ1) is 65.2. The SMILES string of the molecule is CCCCCC(C)c1nc2ncnc(N[C@H]3O[C@@H](CO)[C@H](NC(=O)CN(C)CCCCNC(=O)OCc4ccc(NC(=O)[C@H](C)NC(=O)[C@@H](NC(=O)CCN5C(=O)CC(C(I)(CC)CCCC)C5=O)C(C)C)cc4)[C@@H](O)[C@@H]3O)c2[nH]1.